The third-order valence-electron chi connectivity index (χ3n) is 2.66. The van der Waals surface area contributed by atoms with Crippen molar-refractivity contribution >= 4 is 22.5 Å². The number of phenols is 1. The smallest absolute Gasteiger partial charge is 0.335 e. The van der Waals surface area contributed by atoms with Gasteiger partial charge in [0.05, 0.1) is 10.9 Å². The van der Waals surface area contributed by atoms with Gasteiger partial charge in [-0.1, -0.05) is 0 Å². The van der Waals surface area contributed by atoms with Gasteiger partial charge in [0.15, 0.2) is 5.22 Å². The van der Waals surface area contributed by atoms with E-state index in [1.807, 2.05) is 0 Å². The van der Waals surface area contributed by atoms with E-state index in [0.717, 1.165) is 4.57 Å². The van der Waals surface area contributed by atoms with Gasteiger partial charge in [0, 0.05) is 6.07 Å². The molecule has 2 N–H and O–H groups in total. The zero-order chi connectivity index (χ0) is 13.6. The van der Waals surface area contributed by atoms with E-state index in [4.69, 9.17) is 16.0 Å². The van der Waals surface area contributed by atoms with Gasteiger partial charge < -0.3 is 14.5 Å². The van der Waals surface area contributed by atoms with E-state index in [9.17, 15) is 14.7 Å². The second-order valence-corrected chi connectivity index (χ2v) is 4.25. The van der Waals surface area contributed by atoms with Gasteiger partial charge in [-0.3, -0.25) is 4.79 Å². The average molecular weight is 279 g/mol. The quantitative estimate of drug-likeness (QED) is 0.708. The monoisotopic (exact) mass is 278 g/mol. The normalized spacial score (nSPS) is 11.0. The van der Waals surface area contributed by atoms with Crippen LogP contribution in [0.5, 0.6) is 5.75 Å². The number of nitrogens with one attached hydrogen (secondary N) is 1. The second kappa shape index (κ2) is 4.03. The van der Waals surface area contributed by atoms with Crippen LogP contribution in [0.15, 0.2) is 44.3 Å². The summed E-state index contributed by atoms with van der Waals surface area (Å²) in [7, 11) is 0. The average Bonchev–Trinajstić information content (AvgIpc) is 2.77. The number of hydrogen-bond acceptors (Lipinski definition) is 4. The fraction of sp³-hybridized carbons (Fsp3) is 0. The summed E-state index contributed by atoms with van der Waals surface area (Å²) in [5.74, 6) is -0.0535. The number of hydrogen-bond donors (Lipinski definition) is 2. The number of nitrogens with zero attached hydrogens (tertiary/aromatic N) is 1. The van der Waals surface area contributed by atoms with Gasteiger partial charge in [-0.05, 0) is 35.9 Å². The van der Waals surface area contributed by atoms with Crippen LogP contribution < -0.4 is 11.2 Å². The van der Waals surface area contributed by atoms with E-state index in [1.54, 1.807) is 0 Å². The van der Waals surface area contributed by atoms with Crippen molar-refractivity contribution < 1.29 is 9.52 Å². The molecule has 0 saturated heterocycles. The molecule has 0 saturated carbocycles. The van der Waals surface area contributed by atoms with Crippen LogP contribution in [0.2, 0.25) is 5.22 Å². The lowest BCUT2D eigenvalue weighted by molar-refractivity contribution is 0.476. The Bertz CT molecular complexity index is 891. The molecule has 96 valence electrons. The van der Waals surface area contributed by atoms with Crippen LogP contribution in [0.4, 0.5) is 0 Å². The van der Waals surface area contributed by atoms with Crippen molar-refractivity contribution in [1.29, 1.82) is 0 Å². The lowest BCUT2D eigenvalue weighted by Gasteiger charge is -2.03. The number of aromatic hydroxyl groups is 1. The van der Waals surface area contributed by atoms with Crippen molar-refractivity contribution in [2.75, 3.05) is 0 Å². The summed E-state index contributed by atoms with van der Waals surface area (Å²) in [6, 6.07) is 6.94. The number of fused-ring (bicyclic) bond motifs is 1. The molecule has 3 aromatic rings. The molecule has 2 aromatic heterocycles. The SMILES string of the molecule is O=c1[nH]c2ccc(O)cc2c(=O)n1-c1ccc(Cl)o1. The zero-order valence-corrected chi connectivity index (χ0v) is 10.1. The Morgan fingerprint density at radius 3 is 2.68 bits per heavy atom. The molecule has 2 heterocycles. The van der Waals surface area contributed by atoms with E-state index < -0.39 is 11.2 Å². The summed E-state index contributed by atoms with van der Waals surface area (Å²) in [4.78, 5) is 26.7. The summed E-state index contributed by atoms with van der Waals surface area (Å²) < 4.78 is 5.87. The van der Waals surface area contributed by atoms with Gasteiger partial charge in [0.25, 0.3) is 5.56 Å². The van der Waals surface area contributed by atoms with Crippen LogP contribution in [0.25, 0.3) is 16.8 Å². The van der Waals surface area contributed by atoms with E-state index in [0.29, 0.717) is 5.52 Å². The number of H-pyrrole nitrogens is 1. The topological polar surface area (TPSA) is 88.2 Å². The van der Waals surface area contributed by atoms with Gasteiger partial charge in [0.1, 0.15) is 5.75 Å². The van der Waals surface area contributed by atoms with Gasteiger partial charge >= 0.3 is 5.69 Å². The third-order valence-corrected chi connectivity index (χ3v) is 2.86. The second-order valence-electron chi connectivity index (χ2n) is 3.88. The van der Waals surface area contributed by atoms with Crippen molar-refractivity contribution in [2.45, 2.75) is 0 Å². The molecule has 0 spiro atoms. The Morgan fingerprint density at radius 1 is 1.21 bits per heavy atom. The van der Waals surface area contributed by atoms with Gasteiger partial charge in [0.2, 0.25) is 5.88 Å². The summed E-state index contributed by atoms with van der Waals surface area (Å²) in [5.41, 5.74) is -0.906. The predicted molar refractivity (Wildman–Crippen MR) is 69.1 cm³/mol. The van der Waals surface area contributed by atoms with Crippen molar-refractivity contribution in [3.63, 3.8) is 0 Å². The summed E-state index contributed by atoms with van der Waals surface area (Å²) >= 11 is 5.62. The lowest BCUT2D eigenvalue weighted by Crippen LogP contribution is -2.33. The van der Waals surface area contributed by atoms with Crippen LogP contribution in [-0.4, -0.2) is 14.7 Å². The highest BCUT2D eigenvalue weighted by Crippen LogP contribution is 2.17. The highest BCUT2D eigenvalue weighted by atomic mass is 35.5. The number of halogens is 1. The largest absolute Gasteiger partial charge is 0.508 e. The van der Waals surface area contributed by atoms with E-state index in [1.165, 1.54) is 30.3 Å². The Hall–Kier alpha value is -2.47. The molecule has 0 aliphatic carbocycles. The minimum atomic E-state index is -0.644. The van der Waals surface area contributed by atoms with Crippen LogP contribution in [0, 0.1) is 0 Å². The molecule has 0 bridgehead atoms. The Balaban J connectivity index is 2.43. The van der Waals surface area contributed by atoms with Crippen molar-refractivity contribution in [3.8, 4) is 11.6 Å². The predicted octanol–water partition coefficient (Wildman–Crippen LogP) is 1.63. The molecule has 1 aromatic carbocycles. The van der Waals surface area contributed by atoms with Crippen molar-refractivity contribution in [3.05, 3.63) is 56.4 Å². The minimum absolute atomic E-state index is 0.0153. The maximum atomic E-state index is 12.2. The maximum Gasteiger partial charge on any atom is 0.335 e. The molecule has 0 atom stereocenters. The standard InChI is InChI=1S/C12H7ClN2O4/c13-9-3-4-10(19-9)15-11(17)7-5-6(16)1-2-8(7)14-12(15)18/h1-5,16H,(H,14,18). The van der Waals surface area contributed by atoms with E-state index >= 15 is 0 Å². The van der Waals surface area contributed by atoms with Gasteiger partial charge in [-0.25, -0.2) is 4.79 Å². The number of benzene rings is 1. The molecule has 0 fully saturated rings. The first-order valence-electron chi connectivity index (χ1n) is 5.30. The van der Waals surface area contributed by atoms with Crippen molar-refractivity contribution in [2.24, 2.45) is 0 Å². The van der Waals surface area contributed by atoms with Crippen LogP contribution in [0.1, 0.15) is 0 Å². The molecule has 0 unspecified atom stereocenters. The Morgan fingerprint density at radius 2 is 2.00 bits per heavy atom. The fourth-order valence-electron chi connectivity index (χ4n) is 1.83. The number of furan rings is 1. The van der Waals surface area contributed by atoms with E-state index in [2.05, 4.69) is 4.98 Å². The molecular weight excluding hydrogens is 272 g/mol. The van der Waals surface area contributed by atoms with Gasteiger partial charge in [-0.15, -0.1) is 0 Å². The number of rotatable bonds is 1. The van der Waals surface area contributed by atoms with Crippen LogP contribution in [-0.2, 0) is 0 Å². The lowest BCUT2D eigenvalue weighted by atomic mass is 10.2. The van der Waals surface area contributed by atoms with Crippen LogP contribution >= 0.6 is 11.6 Å². The zero-order valence-electron chi connectivity index (χ0n) is 9.38. The molecule has 7 heteroatoms. The maximum absolute atomic E-state index is 12.2. The van der Waals surface area contributed by atoms with Crippen molar-refractivity contribution in [1.82, 2.24) is 9.55 Å². The molecule has 19 heavy (non-hydrogen) atoms. The fourth-order valence-corrected chi connectivity index (χ4v) is 1.97. The highest BCUT2D eigenvalue weighted by molar-refractivity contribution is 6.28. The highest BCUT2D eigenvalue weighted by Gasteiger charge is 2.12. The summed E-state index contributed by atoms with van der Waals surface area (Å²) in [6.45, 7) is 0. The molecule has 3 rings (SSSR count). The Labute approximate surface area is 110 Å². The molecular formula is C12H7ClN2O4. The first kappa shape index (κ1) is 11.6. The minimum Gasteiger partial charge on any atom is -0.508 e. The summed E-state index contributed by atoms with van der Waals surface area (Å²) in [6.07, 6.45) is 0. The first-order chi connectivity index (χ1) is 9.06. The molecule has 0 amide bonds. The molecule has 0 aliphatic heterocycles. The van der Waals surface area contributed by atoms with Crippen LogP contribution in [0.3, 0.4) is 0 Å². The molecule has 6 nitrogen and oxygen atoms in total. The van der Waals surface area contributed by atoms with Gasteiger partial charge in [-0.2, -0.15) is 4.57 Å². The Kier molecular flexibility index (Phi) is 2.46. The molecule has 0 aliphatic rings. The van der Waals surface area contributed by atoms with E-state index in [-0.39, 0.29) is 22.2 Å². The number of phenolic OH excluding ortho intramolecular Hbond substituents is 1. The number of aromatic nitrogens is 2. The molecule has 0 radical (unpaired) electrons. The summed E-state index contributed by atoms with van der Waals surface area (Å²) in [5, 5.41) is 9.65. The first-order valence-corrected chi connectivity index (χ1v) is 5.68. The number of aromatic amines is 1. The third kappa shape index (κ3) is 1.82.